The van der Waals surface area contributed by atoms with Crippen molar-refractivity contribution in [1.82, 2.24) is 10.2 Å². The molecule has 1 N–H and O–H groups in total. The van der Waals surface area contributed by atoms with Gasteiger partial charge in [-0.25, -0.2) is 9.79 Å². The highest BCUT2D eigenvalue weighted by Gasteiger charge is 2.30. The summed E-state index contributed by atoms with van der Waals surface area (Å²) < 4.78 is 43.2. The number of amides is 3. The second kappa shape index (κ2) is 14.7. The number of amidine groups is 1. The number of urea groups is 1. The first-order valence-electron chi connectivity index (χ1n) is 10.8. The van der Waals surface area contributed by atoms with Crippen LogP contribution >= 0.6 is 0 Å². The van der Waals surface area contributed by atoms with Crippen molar-refractivity contribution in [2.24, 2.45) is 10.9 Å². The number of nitrogens with zero attached hydrogens (tertiary/aromatic N) is 2. The molecule has 0 fully saturated rings. The summed E-state index contributed by atoms with van der Waals surface area (Å²) in [5, 5.41) is 2.58. The molecule has 0 aliphatic heterocycles. The molecule has 3 amide bonds. The van der Waals surface area contributed by atoms with Crippen molar-refractivity contribution in [2.75, 3.05) is 20.8 Å². The second-order valence-electron chi connectivity index (χ2n) is 7.97. The number of aliphatic imine (C=N–C) groups is 1. The summed E-state index contributed by atoms with van der Waals surface area (Å²) in [7, 11) is 3.25. The summed E-state index contributed by atoms with van der Waals surface area (Å²) in [5.41, 5.74) is 1.46. The molecule has 35 heavy (non-hydrogen) atoms. The van der Waals surface area contributed by atoms with E-state index < -0.39 is 17.8 Å². The second-order valence-corrected chi connectivity index (χ2v) is 7.97. The highest BCUT2D eigenvalue weighted by molar-refractivity contribution is 6.00. The van der Waals surface area contributed by atoms with Gasteiger partial charge in [0.2, 0.25) is 6.41 Å². The molecule has 190 valence electrons. The summed E-state index contributed by atoms with van der Waals surface area (Å²) >= 11 is 0. The molecule has 0 aromatic heterocycles. The van der Waals surface area contributed by atoms with Crippen molar-refractivity contribution in [2.45, 2.75) is 33.0 Å². The van der Waals surface area contributed by atoms with Crippen LogP contribution in [0.1, 0.15) is 29.2 Å². The molecule has 1 unspecified atom stereocenters. The van der Waals surface area contributed by atoms with Gasteiger partial charge in [-0.1, -0.05) is 61.0 Å². The molecule has 0 spiro atoms. The Labute approximate surface area is 204 Å². The molecule has 0 saturated heterocycles. The van der Waals surface area contributed by atoms with E-state index in [0.29, 0.717) is 13.1 Å². The van der Waals surface area contributed by atoms with Crippen LogP contribution < -0.4 is 5.32 Å². The first-order chi connectivity index (χ1) is 16.5. The number of benzene rings is 2. The zero-order chi connectivity index (χ0) is 26.4. The predicted molar refractivity (Wildman–Crippen MR) is 131 cm³/mol. The van der Waals surface area contributed by atoms with E-state index in [1.54, 1.807) is 25.2 Å². The van der Waals surface area contributed by atoms with Gasteiger partial charge >= 0.3 is 12.2 Å². The fraction of sp³-hybridized carbons (Fsp3) is 0.346. The van der Waals surface area contributed by atoms with Gasteiger partial charge < -0.3 is 9.64 Å². The Morgan fingerprint density at radius 1 is 1.17 bits per heavy atom. The Bertz CT molecular complexity index is 989. The third-order valence-corrected chi connectivity index (χ3v) is 4.78. The van der Waals surface area contributed by atoms with Gasteiger partial charge in [-0.05, 0) is 30.0 Å². The smallest absolute Gasteiger partial charge is 0.388 e. The zero-order valence-electron chi connectivity index (χ0n) is 20.4. The lowest BCUT2D eigenvalue weighted by molar-refractivity contribution is -0.137. The molecule has 2 aromatic carbocycles. The third kappa shape index (κ3) is 11.0. The highest BCUT2D eigenvalue weighted by Crippen LogP contribution is 2.29. The monoisotopic (exact) mass is 491 g/mol. The Balaban J connectivity index is 0.00000194. The molecule has 2 aromatic rings. The van der Waals surface area contributed by atoms with Gasteiger partial charge in [-0.2, -0.15) is 13.2 Å². The number of hydrogen-bond donors (Lipinski definition) is 1. The summed E-state index contributed by atoms with van der Waals surface area (Å²) in [6.07, 6.45) is -2.66. The first-order valence-corrected chi connectivity index (χ1v) is 10.8. The van der Waals surface area contributed by atoms with E-state index in [1.165, 1.54) is 12.1 Å². The standard InChI is InChI=1S/C24H26F3N3O2.C2H6O/c1-4-17(2)14-30(15-19-10-8-18(3)9-11-19)23(32)29-22(28-16-31)13-20-6-5-7-21(12-20)24(25,26)27;1-3-2/h4-12,16-17H,1,13-15H2,2-3H3,(H,28,29,31,32);1-2H3. The van der Waals surface area contributed by atoms with Crippen molar-refractivity contribution < 1.29 is 27.5 Å². The van der Waals surface area contributed by atoms with Crippen LogP contribution in [0.3, 0.4) is 0 Å². The molecule has 1 atom stereocenters. The van der Waals surface area contributed by atoms with E-state index >= 15 is 0 Å². The lowest BCUT2D eigenvalue weighted by Crippen LogP contribution is -2.44. The van der Waals surface area contributed by atoms with Gasteiger partial charge in [0.05, 0.1) is 5.56 Å². The maximum Gasteiger partial charge on any atom is 0.416 e. The number of aryl methyl sites for hydroxylation is 1. The highest BCUT2D eigenvalue weighted by atomic mass is 19.4. The van der Waals surface area contributed by atoms with E-state index in [1.807, 2.05) is 38.1 Å². The normalized spacial score (nSPS) is 12.1. The SMILES string of the molecule is C=CC(C)CN(Cc1ccc(C)cc1)C(=O)NC(Cc1cccc(C(F)(F)F)c1)=NC=O.COC. The van der Waals surface area contributed by atoms with Crippen LogP contribution in [-0.2, 0) is 28.7 Å². The Morgan fingerprint density at radius 2 is 1.80 bits per heavy atom. The third-order valence-electron chi connectivity index (χ3n) is 4.78. The van der Waals surface area contributed by atoms with Gasteiger partial charge in [0.25, 0.3) is 0 Å². The molecule has 0 bridgehead atoms. The number of ether oxygens (including phenoxy) is 1. The van der Waals surface area contributed by atoms with Crippen LogP contribution in [0.5, 0.6) is 0 Å². The number of alkyl halides is 3. The predicted octanol–water partition coefficient (Wildman–Crippen LogP) is 5.41. The summed E-state index contributed by atoms with van der Waals surface area (Å²) in [5.74, 6) is -0.0365. The first kappa shape index (κ1) is 29.6. The average Bonchev–Trinajstić information content (AvgIpc) is 2.80. The van der Waals surface area contributed by atoms with Gasteiger partial charge in [0, 0.05) is 33.7 Å². The Hall–Kier alpha value is -3.46. The van der Waals surface area contributed by atoms with Crippen LogP contribution in [0.25, 0.3) is 0 Å². The lowest BCUT2D eigenvalue weighted by atomic mass is 10.1. The molecule has 2 rings (SSSR count). The fourth-order valence-corrected chi connectivity index (χ4v) is 2.99. The molecule has 6 nitrogen and oxygen atoms in total. The molecule has 0 aliphatic rings. The van der Waals surface area contributed by atoms with E-state index in [-0.39, 0.29) is 30.1 Å². The number of nitrogens with one attached hydrogen (secondary N) is 1. The number of halogens is 3. The van der Waals surface area contributed by atoms with Crippen LogP contribution in [0.2, 0.25) is 0 Å². The molecule has 0 radical (unpaired) electrons. The number of methoxy groups -OCH3 is 1. The molecule has 0 aliphatic carbocycles. The minimum absolute atomic E-state index is 0.00104. The van der Waals surface area contributed by atoms with E-state index in [2.05, 4.69) is 21.6 Å². The van der Waals surface area contributed by atoms with Gasteiger partial charge in [0.15, 0.2) is 0 Å². The van der Waals surface area contributed by atoms with Crippen molar-refractivity contribution >= 4 is 18.3 Å². The lowest BCUT2D eigenvalue weighted by Gasteiger charge is -2.25. The van der Waals surface area contributed by atoms with Crippen molar-refractivity contribution in [3.8, 4) is 0 Å². The number of carbonyl (C=O) groups is 2. The molecular weight excluding hydrogens is 459 g/mol. The van der Waals surface area contributed by atoms with Crippen molar-refractivity contribution in [3.63, 3.8) is 0 Å². The molecule has 0 saturated carbocycles. The maximum absolute atomic E-state index is 13.0. The molecular formula is C26H32F3N3O3. The summed E-state index contributed by atoms with van der Waals surface area (Å²) in [6.45, 7) is 8.29. The maximum atomic E-state index is 13.0. The molecule has 9 heteroatoms. The van der Waals surface area contributed by atoms with Crippen LogP contribution in [-0.4, -0.2) is 43.9 Å². The fourth-order valence-electron chi connectivity index (χ4n) is 2.99. The van der Waals surface area contributed by atoms with Crippen LogP contribution in [0, 0.1) is 12.8 Å². The number of carbonyl (C=O) groups excluding carboxylic acids is 2. The summed E-state index contributed by atoms with van der Waals surface area (Å²) in [4.78, 5) is 29.1. The Morgan fingerprint density at radius 3 is 2.34 bits per heavy atom. The van der Waals surface area contributed by atoms with Crippen LogP contribution in [0.4, 0.5) is 18.0 Å². The van der Waals surface area contributed by atoms with E-state index in [9.17, 15) is 22.8 Å². The largest absolute Gasteiger partial charge is 0.416 e. The topological polar surface area (TPSA) is 71.0 Å². The van der Waals surface area contributed by atoms with Crippen LogP contribution in [0.15, 0.2) is 66.2 Å². The number of hydrogen-bond acceptors (Lipinski definition) is 3. The average molecular weight is 492 g/mol. The van der Waals surface area contributed by atoms with Crippen molar-refractivity contribution in [1.29, 1.82) is 0 Å². The Kier molecular flexibility index (Phi) is 12.4. The number of rotatable bonds is 8. The van der Waals surface area contributed by atoms with Gasteiger partial charge in [-0.15, -0.1) is 6.58 Å². The minimum atomic E-state index is -4.49. The van der Waals surface area contributed by atoms with Crippen molar-refractivity contribution in [3.05, 3.63) is 83.4 Å². The summed E-state index contributed by atoms with van der Waals surface area (Å²) in [6, 6.07) is 11.9. The zero-order valence-corrected chi connectivity index (χ0v) is 20.4. The minimum Gasteiger partial charge on any atom is -0.388 e. The quantitative estimate of drug-likeness (QED) is 0.232. The molecule has 0 heterocycles. The van der Waals surface area contributed by atoms with Gasteiger partial charge in [0.1, 0.15) is 5.84 Å². The van der Waals surface area contributed by atoms with E-state index in [4.69, 9.17) is 0 Å². The van der Waals surface area contributed by atoms with Gasteiger partial charge in [-0.3, -0.25) is 10.1 Å². The van der Waals surface area contributed by atoms with E-state index in [0.717, 1.165) is 23.3 Å².